The average molecular weight is 313 g/mol. The standard InChI is InChI=1S/C18H17ClN2O/c1-11-12(2)21-17-8-5-14(9-16(11)17)18(22)20-10-13-3-6-15(19)7-4-13/h3-9,21H,10H2,1-2H3,(H,20,22). The van der Waals surface area contributed by atoms with Gasteiger partial charge in [-0.1, -0.05) is 23.7 Å². The molecule has 0 saturated heterocycles. The number of rotatable bonds is 3. The van der Waals surface area contributed by atoms with Crippen molar-refractivity contribution >= 4 is 28.4 Å². The Kier molecular flexibility index (Phi) is 3.90. The summed E-state index contributed by atoms with van der Waals surface area (Å²) in [5.74, 6) is -0.0740. The lowest BCUT2D eigenvalue weighted by molar-refractivity contribution is 0.0951. The highest BCUT2D eigenvalue weighted by Gasteiger charge is 2.09. The first-order valence-corrected chi connectivity index (χ1v) is 7.54. The van der Waals surface area contributed by atoms with Crippen LogP contribution in [0.25, 0.3) is 10.9 Å². The van der Waals surface area contributed by atoms with Crippen LogP contribution in [0.15, 0.2) is 42.5 Å². The summed E-state index contributed by atoms with van der Waals surface area (Å²) in [5.41, 5.74) is 5.07. The summed E-state index contributed by atoms with van der Waals surface area (Å²) in [6.45, 7) is 4.58. The number of nitrogens with one attached hydrogen (secondary N) is 2. The van der Waals surface area contributed by atoms with Gasteiger partial charge in [0.1, 0.15) is 0 Å². The molecule has 3 rings (SSSR count). The van der Waals surface area contributed by atoms with E-state index in [9.17, 15) is 4.79 Å². The summed E-state index contributed by atoms with van der Waals surface area (Å²) >= 11 is 5.85. The summed E-state index contributed by atoms with van der Waals surface area (Å²) in [5, 5.41) is 4.72. The number of amides is 1. The van der Waals surface area contributed by atoms with Crippen LogP contribution in [-0.4, -0.2) is 10.9 Å². The first-order chi connectivity index (χ1) is 10.5. The molecule has 1 amide bonds. The van der Waals surface area contributed by atoms with Crippen LogP contribution in [0.5, 0.6) is 0 Å². The Morgan fingerprint density at radius 1 is 1.14 bits per heavy atom. The van der Waals surface area contributed by atoms with E-state index in [0.29, 0.717) is 17.1 Å². The number of hydrogen-bond acceptors (Lipinski definition) is 1. The monoisotopic (exact) mass is 312 g/mol. The SMILES string of the molecule is Cc1[nH]c2ccc(C(=O)NCc3ccc(Cl)cc3)cc2c1C. The molecule has 3 aromatic rings. The van der Waals surface area contributed by atoms with Crippen molar-refractivity contribution in [1.82, 2.24) is 10.3 Å². The molecule has 0 saturated carbocycles. The second-order valence-electron chi connectivity index (χ2n) is 5.44. The van der Waals surface area contributed by atoms with Crippen molar-refractivity contribution in [2.24, 2.45) is 0 Å². The first-order valence-electron chi connectivity index (χ1n) is 7.16. The van der Waals surface area contributed by atoms with Crippen LogP contribution in [0.3, 0.4) is 0 Å². The Morgan fingerprint density at radius 3 is 2.59 bits per heavy atom. The quantitative estimate of drug-likeness (QED) is 0.741. The van der Waals surface area contributed by atoms with Crippen LogP contribution < -0.4 is 5.32 Å². The molecule has 0 unspecified atom stereocenters. The molecule has 3 nitrogen and oxygen atoms in total. The van der Waals surface area contributed by atoms with Gasteiger partial charge in [-0.2, -0.15) is 0 Å². The highest BCUT2D eigenvalue weighted by molar-refractivity contribution is 6.30. The van der Waals surface area contributed by atoms with E-state index in [-0.39, 0.29) is 5.91 Å². The first kappa shape index (κ1) is 14.7. The molecule has 0 aliphatic heterocycles. The smallest absolute Gasteiger partial charge is 0.251 e. The molecule has 112 valence electrons. The number of carbonyl (C=O) groups is 1. The minimum absolute atomic E-state index is 0.0740. The number of aromatic amines is 1. The van der Waals surface area contributed by atoms with Gasteiger partial charge in [-0.05, 0) is 55.3 Å². The van der Waals surface area contributed by atoms with Gasteiger partial charge in [0, 0.05) is 33.7 Å². The Morgan fingerprint density at radius 2 is 1.86 bits per heavy atom. The van der Waals surface area contributed by atoms with Gasteiger partial charge in [0.15, 0.2) is 0 Å². The lowest BCUT2D eigenvalue weighted by atomic mass is 10.1. The third-order valence-electron chi connectivity index (χ3n) is 3.94. The molecule has 2 aromatic carbocycles. The normalized spacial score (nSPS) is 10.9. The molecule has 0 atom stereocenters. The molecule has 0 aliphatic carbocycles. The van der Waals surface area contributed by atoms with E-state index in [1.54, 1.807) is 0 Å². The molecule has 0 radical (unpaired) electrons. The van der Waals surface area contributed by atoms with E-state index in [1.165, 1.54) is 5.56 Å². The van der Waals surface area contributed by atoms with E-state index in [1.807, 2.05) is 49.4 Å². The van der Waals surface area contributed by atoms with Gasteiger partial charge >= 0.3 is 0 Å². The van der Waals surface area contributed by atoms with Gasteiger partial charge in [-0.3, -0.25) is 4.79 Å². The maximum atomic E-state index is 12.3. The van der Waals surface area contributed by atoms with Crippen molar-refractivity contribution in [2.45, 2.75) is 20.4 Å². The van der Waals surface area contributed by atoms with Gasteiger partial charge in [-0.25, -0.2) is 0 Å². The second-order valence-corrected chi connectivity index (χ2v) is 5.88. The van der Waals surface area contributed by atoms with Crippen LogP contribution in [0.4, 0.5) is 0 Å². The molecular formula is C18H17ClN2O. The zero-order valence-electron chi connectivity index (χ0n) is 12.5. The number of hydrogen-bond donors (Lipinski definition) is 2. The molecule has 2 N–H and O–H groups in total. The fourth-order valence-electron chi connectivity index (χ4n) is 2.49. The van der Waals surface area contributed by atoms with Crippen molar-refractivity contribution in [1.29, 1.82) is 0 Å². The van der Waals surface area contributed by atoms with Crippen molar-refractivity contribution in [2.75, 3.05) is 0 Å². The summed E-state index contributed by atoms with van der Waals surface area (Å²) in [6, 6.07) is 13.2. The second kappa shape index (κ2) is 5.85. The third kappa shape index (κ3) is 2.85. The maximum Gasteiger partial charge on any atom is 0.251 e. The van der Waals surface area contributed by atoms with Gasteiger partial charge in [0.05, 0.1) is 0 Å². The molecule has 0 fully saturated rings. The van der Waals surface area contributed by atoms with Crippen molar-refractivity contribution < 1.29 is 4.79 Å². The lowest BCUT2D eigenvalue weighted by Crippen LogP contribution is -2.22. The number of aromatic nitrogens is 1. The molecule has 0 bridgehead atoms. The molecule has 1 heterocycles. The predicted molar refractivity (Wildman–Crippen MR) is 90.4 cm³/mol. The minimum atomic E-state index is -0.0740. The number of fused-ring (bicyclic) bond motifs is 1. The topological polar surface area (TPSA) is 44.9 Å². The molecule has 22 heavy (non-hydrogen) atoms. The summed E-state index contributed by atoms with van der Waals surface area (Å²) in [7, 11) is 0. The summed E-state index contributed by atoms with van der Waals surface area (Å²) < 4.78 is 0. The fraction of sp³-hybridized carbons (Fsp3) is 0.167. The van der Waals surface area contributed by atoms with Crippen LogP contribution in [0.1, 0.15) is 27.2 Å². The summed E-state index contributed by atoms with van der Waals surface area (Å²) in [6.07, 6.45) is 0. The van der Waals surface area contributed by atoms with E-state index in [0.717, 1.165) is 22.2 Å². The minimum Gasteiger partial charge on any atom is -0.358 e. The zero-order chi connectivity index (χ0) is 15.7. The van der Waals surface area contributed by atoms with E-state index in [2.05, 4.69) is 17.2 Å². The van der Waals surface area contributed by atoms with E-state index >= 15 is 0 Å². The zero-order valence-corrected chi connectivity index (χ0v) is 13.3. The van der Waals surface area contributed by atoms with Crippen molar-refractivity contribution in [3.63, 3.8) is 0 Å². The van der Waals surface area contributed by atoms with Gasteiger partial charge in [0.2, 0.25) is 0 Å². The fourth-order valence-corrected chi connectivity index (χ4v) is 2.62. The van der Waals surface area contributed by atoms with E-state index in [4.69, 9.17) is 11.6 Å². The number of halogens is 1. The Labute approximate surface area is 134 Å². The average Bonchev–Trinajstić information content (AvgIpc) is 2.81. The highest BCUT2D eigenvalue weighted by Crippen LogP contribution is 2.22. The number of benzene rings is 2. The Bertz CT molecular complexity index is 834. The number of carbonyl (C=O) groups excluding carboxylic acids is 1. The van der Waals surface area contributed by atoms with Gasteiger partial charge < -0.3 is 10.3 Å². The third-order valence-corrected chi connectivity index (χ3v) is 4.19. The van der Waals surface area contributed by atoms with Crippen molar-refractivity contribution in [3.8, 4) is 0 Å². The predicted octanol–water partition coefficient (Wildman–Crippen LogP) is 4.37. The number of aryl methyl sites for hydroxylation is 2. The van der Waals surface area contributed by atoms with Crippen LogP contribution in [0, 0.1) is 13.8 Å². The van der Waals surface area contributed by atoms with E-state index < -0.39 is 0 Å². The van der Waals surface area contributed by atoms with Crippen LogP contribution in [0.2, 0.25) is 5.02 Å². The Hall–Kier alpha value is -2.26. The van der Waals surface area contributed by atoms with Gasteiger partial charge in [-0.15, -0.1) is 0 Å². The highest BCUT2D eigenvalue weighted by atomic mass is 35.5. The lowest BCUT2D eigenvalue weighted by Gasteiger charge is -2.06. The maximum absolute atomic E-state index is 12.3. The number of H-pyrrole nitrogens is 1. The molecule has 0 spiro atoms. The molecular weight excluding hydrogens is 296 g/mol. The Balaban J connectivity index is 1.77. The largest absolute Gasteiger partial charge is 0.358 e. The molecule has 0 aliphatic rings. The summed E-state index contributed by atoms with van der Waals surface area (Å²) in [4.78, 5) is 15.6. The van der Waals surface area contributed by atoms with Gasteiger partial charge in [0.25, 0.3) is 5.91 Å². The van der Waals surface area contributed by atoms with Crippen LogP contribution in [-0.2, 0) is 6.54 Å². The molecule has 1 aromatic heterocycles. The van der Waals surface area contributed by atoms with Crippen LogP contribution >= 0.6 is 11.6 Å². The van der Waals surface area contributed by atoms with Crippen molar-refractivity contribution in [3.05, 3.63) is 69.9 Å². The molecule has 4 heteroatoms.